The Morgan fingerprint density at radius 2 is 2.32 bits per heavy atom. The third kappa shape index (κ3) is 4.48. The molecule has 4 heteroatoms. The number of halogens is 1. The molecule has 1 aliphatic rings. The highest BCUT2D eigenvalue weighted by Crippen LogP contribution is 2.20. The molecular weight excluding hydrogens is 245 g/mol. The predicted molar refractivity (Wildman–Crippen MR) is 72.9 cm³/mol. The summed E-state index contributed by atoms with van der Waals surface area (Å²) in [6, 6.07) is 5.06. The molecule has 0 spiro atoms. The van der Waals surface area contributed by atoms with Crippen LogP contribution in [0.2, 0.25) is 0 Å². The molecule has 0 bridgehead atoms. The molecule has 2 rings (SSSR count). The maximum absolute atomic E-state index is 13.7. The first-order valence-electron chi connectivity index (χ1n) is 7.02. The van der Waals surface area contributed by atoms with Gasteiger partial charge in [0.15, 0.2) is 11.6 Å². The molecule has 3 nitrogen and oxygen atoms in total. The number of hydrogen-bond acceptors (Lipinski definition) is 3. The van der Waals surface area contributed by atoms with Crippen LogP contribution in [0.5, 0.6) is 5.75 Å². The molecule has 1 fully saturated rings. The van der Waals surface area contributed by atoms with Gasteiger partial charge in [0.05, 0.1) is 12.7 Å². The van der Waals surface area contributed by atoms with Crippen LogP contribution in [-0.2, 0) is 11.2 Å². The van der Waals surface area contributed by atoms with Crippen molar-refractivity contribution in [1.29, 1.82) is 0 Å². The van der Waals surface area contributed by atoms with E-state index in [9.17, 15) is 4.39 Å². The van der Waals surface area contributed by atoms with Crippen molar-refractivity contribution in [2.45, 2.75) is 38.2 Å². The van der Waals surface area contributed by atoms with Gasteiger partial charge in [-0.1, -0.05) is 6.07 Å². The molecule has 0 amide bonds. The summed E-state index contributed by atoms with van der Waals surface area (Å²) < 4.78 is 24.7. The number of benzene rings is 1. The van der Waals surface area contributed by atoms with Gasteiger partial charge in [0.1, 0.15) is 0 Å². The second kappa shape index (κ2) is 7.46. The fraction of sp³-hybridized carbons (Fsp3) is 0.600. The Hall–Kier alpha value is -1.13. The van der Waals surface area contributed by atoms with Gasteiger partial charge in [0.25, 0.3) is 0 Å². The van der Waals surface area contributed by atoms with Gasteiger partial charge in [-0.2, -0.15) is 0 Å². The molecule has 1 aromatic carbocycles. The summed E-state index contributed by atoms with van der Waals surface area (Å²) in [7, 11) is 0. The molecule has 1 atom stereocenters. The van der Waals surface area contributed by atoms with E-state index in [2.05, 4.69) is 0 Å². The highest BCUT2D eigenvalue weighted by molar-refractivity contribution is 5.29. The summed E-state index contributed by atoms with van der Waals surface area (Å²) in [6.45, 7) is 1.94. The van der Waals surface area contributed by atoms with E-state index in [0.717, 1.165) is 37.9 Å². The number of rotatable bonds is 7. The van der Waals surface area contributed by atoms with Gasteiger partial charge < -0.3 is 15.2 Å². The van der Waals surface area contributed by atoms with Crippen LogP contribution in [0, 0.1) is 5.82 Å². The largest absolute Gasteiger partial charge is 0.491 e. The topological polar surface area (TPSA) is 44.5 Å². The summed E-state index contributed by atoms with van der Waals surface area (Å²) in [4.78, 5) is 0. The molecule has 0 radical (unpaired) electrons. The van der Waals surface area contributed by atoms with E-state index in [-0.39, 0.29) is 5.82 Å². The van der Waals surface area contributed by atoms with Crippen LogP contribution < -0.4 is 10.5 Å². The second-order valence-electron chi connectivity index (χ2n) is 4.93. The van der Waals surface area contributed by atoms with Crippen LogP contribution in [-0.4, -0.2) is 25.9 Å². The van der Waals surface area contributed by atoms with Gasteiger partial charge in [-0.05, 0) is 56.3 Å². The van der Waals surface area contributed by atoms with Crippen molar-refractivity contribution in [3.05, 3.63) is 29.6 Å². The van der Waals surface area contributed by atoms with E-state index < -0.39 is 0 Å². The van der Waals surface area contributed by atoms with Crippen LogP contribution in [0.15, 0.2) is 18.2 Å². The Balaban J connectivity index is 1.72. The molecular formula is C15H22FNO2. The van der Waals surface area contributed by atoms with Crippen LogP contribution in [0.4, 0.5) is 4.39 Å². The smallest absolute Gasteiger partial charge is 0.165 e. The third-order valence-corrected chi connectivity index (χ3v) is 3.38. The minimum Gasteiger partial charge on any atom is -0.491 e. The van der Waals surface area contributed by atoms with Gasteiger partial charge in [-0.25, -0.2) is 4.39 Å². The van der Waals surface area contributed by atoms with Crippen molar-refractivity contribution in [2.75, 3.05) is 19.8 Å². The van der Waals surface area contributed by atoms with Crippen molar-refractivity contribution >= 4 is 0 Å². The lowest BCUT2D eigenvalue weighted by atomic mass is 10.1. The molecule has 1 unspecified atom stereocenters. The summed E-state index contributed by atoms with van der Waals surface area (Å²) in [5.41, 5.74) is 6.35. The lowest BCUT2D eigenvalue weighted by Crippen LogP contribution is -2.08. The molecule has 0 aromatic heterocycles. The normalized spacial score (nSPS) is 18.7. The molecule has 0 aliphatic carbocycles. The Bertz CT molecular complexity index is 392. The maximum atomic E-state index is 13.7. The van der Waals surface area contributed by atoms with E-state index in [1.807, 2.05) is 6.07 Å². The predicted octanol–water partition coefficient (Wildman–Crippen LogP) is 2.66. The van der Waals surface area contributed by atoms with Crippen LogP contribution in [0.3, 0.4) is 0 Å². The summed E-state index contributed by atoms with van der Waals surface area (Å²) in [6.07, 6.45) is 5.25. The first kappa shape index (κ1) is 14.3. The van der Waals surface area contributed by atoms with Gasteiger partial charge in [0.2, 0.25) is 0 Å². The van der Waals surface area contributed by atoms with Crippen LogP contribution >= 0.6 is 0 Å². The number of ether oxygens (including phenoxy) is 2. The summed E-state index contributed by atoms with van der Waals surface area (Å²) >= 11 is 0. The van der Waals surface area contributed by atoms with Gasteiger partial charge in [0, 0.05) is 6.61 Å². The van der Waals surface area contributed by atoms with Crippen LogP contribution in [0.25, 0.3) is 0 Å². The minimum atomic E-state index is -0.303. The summed E-state index contributed by atoms with van der Waals surface area (Å²) in [5.74, 6) is 0.0242. The molecule has 1 aliphatic heterocycles. The standard InChI is InChI=1S/C15H22FNO2/c16-14-11-12(7-8-17)5-6-15(14)19-10-2-4-13-3-1-9-18-13/h5-6,11,13H,1-4,7-10,17H2. The molecule has 1 heterocycles. The van der Waals surface area contributed by atoms with Crippen molar-refractivity contribution < 1.29 is 13.9 Å². The molecule has 2 N–H and O–H groups in total. The third-order valence-electron chi connectivity index (χ3n) is 3.38. The van der Waals surface area contributed by atoms with Crippen molar-refractivity contribution in [3.63, 3.8) is 0 Å². The fourth-order valence-electron chi connectivity index (χ4n) is 2.35. The molecule has 1 saturated heterocycles. The molecule has 106 valence electrons. The minimum absolute atomic E-state index is 0.303. The zero-order valence-electron chi connectivity index (χ0n) is 11.2. The van der Waals surface area contributed by atoms with Gasteiger partial charge in [-0.15, -0.1) is 0 Å². The van der Waals surface area contributed by atoms with E-state index in [1.165, 1.54) is 6.07 Å². The molecule has 19 heavy (non-hydrogen) atoms. The first-order chi connectivity index (χ1) is 9.29. The average molecular weight is 267 g/mol. The van der Waals surface area contributed by atoms with E-state index in [4.69, 9.17) is 15.2 Å². The maximum Gasteiger partial charge on any atom is 0.165 e. The summed E-state index contributed by atoms with van der Waals surface area (Å²) in [5, 5.41) is 0. The van der Waals surface area contributed by atoms with E-state index >= 15 is 0 Å². The lowest BCUT2D eigenvalue weighted by Gasteiger charge is -2.11. The zero-order valence-corrected chi connectivity index (χ0v) is 11.2. The Kier molecular flexibility index (Phi) is 5.61. The monoisotopic (exact) mass is 267 g/mol. The quantitative estimate of drug-likeness (QED) is 0.772. The average Bonchev–Trinajstić information content (AvgIpc) is 2.90. The zero-order chi connectivity index (χ0) is 13.5. The fourth-order valence-corrected chi connectivity index (χ4v) is 2.35. The van der Waals surface area contributed by atoms with Crippen molar-refractivity contribution in [3.8, 4) is 5.75 Å². The highest BCUT2D eigenvalue weighted by atomic mass is 19.1. The molecule has 0 saturated carbocycles. The van der Waals surface area contributed by atoms with Gasteiger partial charge in [-0.3, -0.25) is 0 Å². The van der Waals surface area contributed by atoms with Crippen molar-refractivity contribution in [1.82, 2.24) is 0 Å². The Labute approximate surface area is 113 Å². The molecule has 1 aromatic rings. The van der Waals surface area contributed by atoms with Crippen LogP contribution in [0.1, 0.15) is 31.2 Å². The second-order valence-corrected chi connectivity index (χ2v) is 4.93. The van der Waals surface area contributed by atoms with E-state index in [1.54, 1.807) is 6.07 Å². The van der Waals surface area contributed by atoms with Crippen molar-refractivity contribution in [2.24, 2.45) is 5.73 Å². The number of hydrogen-bond donors (Lipinski definition) is 1. The van der Waals surface area contributed by atoms with E-state index in [0.29, 0.717) is 31.4 Å². The lowest BCUT2D eigenvalue weighted by molar-refractivity contribution is 0.0979. The Morgan fingerprint density at radius 3 is 3.00 bits per heavy atom. The van der Waals surface area contributed by atoms with Gasteiger partial charge >= 0.3 is 0 Å². The first-order valence-corrected chi connectivity index (χ1v) is 7.02. The Morgan fingerprint density at radius 1 is 1.42 bits per heavy atom. The highest BCUT2D eigenvalue weighted by Gasteiger charge is 2.14. The number of nitrogens with two attached hydrogens (primary N) is 1. The SMILES string of the molecule is NCCc1ccc(OCCCC2CCCO2)c(F)c1.